The molecule has 0 amide bonds. The number of anilines is 2. The van der Waals surface area contributed by atoms with Crippen LogP contribution in [0.25, 0.3) is 16.7 Å². The molecule has 0 radical (unpaired) electrons. The van der Waals surface area contributed by atoms with Gasteiger partial charge in [-0.25, -0.2) is 4.98 Å². The number of benzene rings is 1. The van der Waals surface area contributed by atoms with Crippen LogP contribution in [0.4, 0.5) is 11.6 Å². The monoisotopic (exact) mass is 445 g/mol. The van der Waals surface area contributed by atoms with Gasteiger partial charge in [0, 0.05) is 70.1 Å². The lowest BCUT2D eigenvalue weighted by atomic mass is 10.2. The van der Waals surface area contributed by atoms with Crippen molar-refractivity contribution in [2.75, 3.05) is 45.6 Å². The highest BCUT2D eigenvalue weighted by atomic mass is 15.2. The molecule has 1 aliphatic heterocycles. The lowest BCUT2D eigenvalue weighted by Gasteiger charge is -2.27. The van der Waals surface area contributed by atoms with Gasteiger partial charge in [-0.3, -0.25) is 4.90 Å². The molecule has 2 N–H and O–H groups in total. The van der Waals surface area contributed by atoms with Crippen LogP contribution in [0.15, 0.2) is 43.1 Å². The van der Waals surface area contributed by atoms with Gasteiger partial charge in [-0.2, -0.15) is 4.98 Å². The van der Waals surface area contributed by atoms with E-state index in [2.05, 4.69) is 66.9 Å². The number of rotatable bonds is 7. The van der Waals surface area contributed by atoms with E-state index in [0.717, 1.165) is 60.8 Å². The number of piperazine rings is 1. The van der Waals surface area contributed by atoms with Crippen molar-refractivity contribution in [2.45, 2.75) is 38.3 Å². The Morgan fingerprint density at radius 1 is 1.15 bits per heavy atom. The van der Waals surface area contributed by atoms with Crippen molar-refractivity contribution < 1.29 is 0 Å². The van der Waals surface area contributed by atoms with Crippen molar-refractivity contribution in [1.82, 2.24) is 29.7 Å². The fraction of sp³-hybridized carbons (Fsp3) is 0.462. The lowest BCUT2D eigenvalue weighted by molar-refractivity contribution is 0.233. The first kappa shape index (κ1) is 21.9. The van der Waals surface area contributed by atoms with Gasteiger partial charge in [0.1, 0.15) is 5.65 Å². The van der Waals surface area contributed by atoms with E-state index in [1.54, 1.807) is 0 Å². The average Bonchev–Trinajstić information content (AvgIpc) is 3.48. The second-order valence-corrected chi connectivity index (χ2v) is 9.50. The summed E-state index contributed by atoms with van der Waals surface area (Å²) in [6.07, 6.45) is 6.86. The molecular weight excluding hydrogens is 410 g/mol. The SMILES string of the molecule is C=C(c1cc2cnc(Nc3ccc(CN4CCNCC4)cc3)nc2n1C1CCCC1)N(C)C. The van der Waals surface area contributed by atoms with Crippen molar-refractivity contribution in [3.63, 3.8) is 0 Å². The summed E-state index contributed by atoms with van der Waals surface area (Å²) in [6.45, 7) is 9.69. The van der Waals surface area contributed by atoms with Gasteiger partial charge in [-0.15, -0.1) is 0 Å². The van der Waals surface area contributed by atoms with Crippen molar-refractivity contribution in [3.05, 3.63) is 54.4 Å². The molecule has 3 heterocycles. The Balaban J connectivity index is 1.38. The average molecular weight is 446 g/mol. The van der Waals surface area contributed by atoms with Gasteiger partial charge in [0.2, 0.25) is 5.95 Å². The maximum absolute atomic E-state index is 4.96. The highest BCUT2D eigenvalue weighted by Gasteiger charge is 2.24. The maximum atomic E-state index is 4.96. The minimum Gasteiger partial charge on any atom is -0.376 e. The van der Waals surface area contributed by atoms with Gasteiger partial charge >= 0.3 is 0 Å². The Bertz CT molecular complexity index is 1100. The number of nitrogens with one attached hydrogen (secondary N) is 2. The summed E-state index contributed by atoms with van der Waals surface area (Å²) in [5.74, 6) is 0.636. The van der Waals surface area contributed by atoms with Gasteiger partial charge in [-0.05, 0) is 36.6 Å². The normalized spacial score (nSPS) is 17.5. The summed E-state index contributed by atoms with van der Waals surface area (Å²) in [5.41, 5.74) is 5.49. The van der Waals surface area contributed by atoms with E-state index in [1.807, 2.05) is 20.3 Å². The molecule has 0 unspecified atom stereocenters. The zero-order chi connectivity index (χ0) is 22.8. The molecule has 7 heteroatoms. The van der Waals surface area contributed by atoms with Crippen molar-refractivity contribution in [3.8, 4) is 0 Å². The Morgan fingerprint density at radius 3 is 2.58 bits per heavy atom. The van der Waals surface area contributed by atoms with Gasteiger partial charge in [0.05, 0.1) is 11.4 Å². The molecule has 5 rings (SSSR count). The third-order valence-corrected chi connectivity index (χ3v) is 6.93. The first-order valence-corrected chi connectivity index (χ1v) is 12.1. The molecule has 0 bridgehead atoms. The molecule has 2 aromatic heterocycles. The number of fused-ring (bicyclic) bond motifs is 1. The Kier molecular flexibility index (Phi) is 6.33. The van der Waals surface area contributed by atoms with E-state index in [4.69, 9.17) is 4.98 Å². The molecule has 1 saturated heterocycles. The second-order valence-electron chi connectivity index (χ2n) is 9.50. The molecule has 2 fully saturated rings. The fourth-order valence-electron chi connectivity index (χ4n) is 5.00. The predicted octanol–water partition coefficient (Wildman–Crippen LogP) is 4.23. The Labute approximate surface area is 196 Å². The van der Waals surface area contributed by atoms with E-state index in [0.29, 0.717) is 12.0 Å². The molecule has 174 valence electrons. The first-order chi connectivity index (χ1) is 16.1. The van der Waals surface area contributed by atoms with E-state index in [9.17, 15) is 0 Å². The number of nitrogens with zero attached hydrogens (tertiary/aromatic N) is 5. The maximum Gasteiger partial charge on any atom is 0.229 e. The molecule has 3 aromatic rings. The van der Waals surface area contributed by atoms with Gasteiger partial charge in [0.15, 0.2) is 0 Å². The van der Waals surface area contributed by atoms with E-state index < -0.39 is 0 Å². The minimum atomic E-state index is 0.473. The van der Waals surface area contributed by atoms with Crippen LogP contribution in [-0.4, -0.2) is 64.6 Å². The third kappa shape index (κ3) is 4.75. The van der Waals surface area contributed by atoms with Gasteiger partial charge in [-0.1, -0.05) is 31.6 Å². The zero-order valence-corrected chi connectivity index (χ0v) is 19.8. The molecule has 33 heavy (non-hydrogen) atoms. The van der Waals surface area contributed by atoms with Crippen LogP contribution < -0.4 is 10.6 Å². The summed E-state index contributed by atoms with van der Waals surface area (Å²) >= 11 is 0. The third-order valence-electron chi connectivity index (χ3n) is 6.93. The fourth-order valence-corrected chi connectivity index (χ4v) is 5.00. The Morgan fingerprint density at radius 2 is 1.88 bits per heavy atom. The molecule has 0 atom stereocenters. The minimum absolute atomic E-state index is 0.473. The standard InChI is InChI=1S/C26H35N7/c1-19(31(2)3)24-16-21-17-28-26(30-25(21)33(24)23-6-4-5-7-23)29-22-10-8-20(9-11-22)18-32-14-12-27-13-15-32/h8-11,16-17,23,27H,1,4-7,12-15,18H2,2-3H3,(H,28,29,30). The quantitative estimate of drug-likeness (QED) is 0.568. The summed E-state index contributed by atoms with van der Waals surface area (Å²) in [5, 5.41) is 7.89. The highest BCUT2D eigenvalue weighted by molar-refractivity contribution is 5.83. The van der Waals surface area contributed by atoms with Crippen LogP contribution in [0.1, 0.15) is 43.0 Å². The van der Waals surface area contributed by atoms with Crippen LogP contribution in [0, 0.1) is 0 Å². The van der Waals surface area contributed by atoms with Crippen LogP contribution in [0.3, 0.4) is 0 Å². The van der Waals surface area contributed by atoms with Crippen molar-refractivity contribution >= 4 is 28.4 Å². The number of hydrogen-bond acceptors (Lipinski definition) is 6. The summed E-state index contributed by atoms with van der Waals surface area (Å²) in [4.78, 5) is 14.1. The molecule has 1 aromatic carbocycles. The van der Waals surface area contributed by atoms with Crippen molar-refractivity contribution in [2.24, 2.45) is 0 Å². The van der Waals surface area contributed by atoms with E-state index in [-0.39, 0.29) is 0 Å². The topological polar surface area (TPSA) is 61.3 Å². The molecule has 1 aliphatic carbocycles. The molecule has 1 saturated carbocycles. The van der Waals surface area contributed by atoms with Crippen LogP contribution in [0.2, 0.25) is 0 Å². The zero-order valence-electron chi connectivity index (χ0n) is 19.8. The largest absolute Gasteiger partial charge is 0.376 e. The second kappa shape index (κ2) is 9.53. The van der Waals surface area contributed by atoms with Crippen LogP contribution in [0.5, 0.6) is 0 Å². The number of hydrogen-bond donors (Lipinski definition) is 2. The Hall–Kier alpha value is -2.90. The predicted molar refractivity (Wildman–Crippen MR) is 136 cm³/mol. The molecular formula is C26H35N7. The highest BCUT2D eigenvalue weighted by Crippen LogP contribution is 2.36. The van der Waals surface area contributed by atoms with E-state index >= 15 is 0 Å². The van der Waals surface area contributed by atoms with Crippen LogP contribution >= 0.6 is 0 Å². The smallest absolute Gasteiger partial charge is 0.229 e. The van der Waals surface area contributed by atoms with Crippen molar-refractivity contribution in [1.29, 1.82) is 0 Å². The summed E-state index contributed by atoms with van der Waals surface area (Å²) < 4.78 is 2.40. The molecule has 7 nitrogen and oxygen atoms in total. The number of aromatic nitrogens is 3. The van der Waals surface area contributed by atoms with E-state index in [1.165, 1.54) is 31.2 Å². The molecule has 2 aliphatic rings. The summed E-state index contributed by atoms with van der Waals surface area (Å²) in [7, 11) is 4.09. The van der Waals surface area contributed by atoms with Gasteiger partial charge < -0.3 is 20.1 Å². The van der Waals surface area contributed by atoms with Gasteiger partial charge in [0.25, 0.3) is 0 Å². The first-order valence-electron chi connectivity index (χ1n) is 12.1. The summed E-state index contributed by atoms with van der Waals surface area (Å²) in [6, 6.07) is 11.3. The molecule has 0 spiro atoms. The van der Waals surface area contributed by atoms with Crippen LogP contribution in [-0.2, 0) is 6.54 Å². The lowest BCUT2D eigenvalue weighted by Crippen LogP contribution is -2.42.